The fourth-order valence-electron chi connectivity index (χ4n) is 2.37. The summed E-state index contributed by atoms with van der Waals surface area (Å²) in [4.78, 5) is 23.2. The number of amides is 3. The van der Waals surface area contributed by atoms with Gasteiger partial charge in [-0.25, -0.2) is 4.79 Å². The zero-order valence-corrected chi connectivity index (χ0v) is 17.0. The number of urea groups is 1. The average molecular weight is 436 g/mol. The fraction of sp³-hybridized carbons (Fsp3) is 0.111. The van der Waals surface area contributed by atoms with Crippen molar-refractivity contribution in [3.63, 3.8) is 0 Å². The van der Waals surface area contributed by atoms with Gasteiger partial charge >= 0.3 is 6.03 Å². The Balaban J connectivity index is 1.96. The first-order valence-corrected chi connectivity index (χ1v) is 9.84. The van der Waals surface area contributed by atoms with Crippen LogP contribution >= 0.6 is 35.0 Å². The third-order valence-corrected chi connectivity index (χ3v) is 5.11. The van der Waals surface area contributed by atoms with Gasteiger partial charge in [-0.2, -0.15) is 0 Å². The van der Waals surface area contributed by atoms with E-state index in [9.17, 15) is 9.59 Å². The highest BCUT2D eigenvalue weighted by Gasteiger charge is 2.19. The zero-order chi connectivity index (χ0) is 20.1. The van der Waals surface area contributed by atoms with Gasteiger partial charge in [-0.3, -0.25) is 14.7 Å². The van der Waals surface area contributed by atoms with E-state index in [1.54, 1.807) is 22.8 Å². The number of imide groups is 1. The van der Waals surface area contributed by atoms with Crippen LogP contribution in [0, 0.1) is 0 Å². The van der Waals surface area contributed by atoms with Gasteiger partial charge in [0.05, 0.1) is 10.8 Å². The molecule has 0 unspecified atom stereocenters. The summed E-state index contributed by atoms with van der Waals surface area (Å²) >= 11 is 13.5. The molecule has 0 fully saturated rings. The number of nitrogens with one attached hydrogen (secondary N) is 2. The monoisotopic (exact) mass is 435 g/mol. The van der Waals surface area contributed by atoms with Crippen LogP contribution in [0.2, 0.25) is 10.0 Å². The van der Waals surface area contributed by atoms with E-state index in [1.165, 1.54) is 7.05 Å². The molecule has 7 nitrogen and oxygen atoms in total. The second-order valence-corrected chi connectivity index (χ2v) is 7.30. The predicted octanol–water partition coefficient (Wildman–Crippen LogP) is 3.79. The third-order valence-electron chi connectivity index (χ3n) is 3.63. The maximum Gasteiger partial charge on any atom is 0.321 e. The van der Waals surface area contributed by atoms with Crippen molar-refractivity contribution in [1.29, 1.82) is 0 Å². The summed E-state index contributed by atoms with van der Waals surface area (Å²) in [6, 6.07) is 14.0. The molecule has 0 aliphatic rings. The molecule has 10 heteroatoms. The number of rotatable bonds is 5. The van der Waals surface area contributed by atoms with Crippen molar-refractivity contribution >= 4 is 46.9 Å². The van der Waals surface area contributed by atoms with Crippen LogP contribution in [-0.4, -0.2) is 39.5 Å². The summed E-state index contributed by atoms with van der Waals surface area (Å²) in [6.45, 7) is 0. The molecule has 1 heterocycles. The van der Waals surface area contributed by atoms with E-state index in [-0.39, 0.29) is 5.75 Å². The van der Waals surface area contributed by atoms with Crippen molar-refractivity contribution in [2.45, 2.75) is 5.16 Å². The quantitative estimate of drug-likeness (QED) is 0.595. The van der Waals surface area contributed by atoms with Crippen molar-refractivity contribution in [3.05, 3.63) is 58.6 Å². The molecular weight excluding hydrogens is 421 g/mol. The summed E-state index contributed by atoms with van der Waals surface area (Å²) in [6.07, 6.45) is 0. The van der Waals surface area contributed by atoms with E-state index >= 15 is 0 Å². The molecule has 1 aromatic heterocycles. The molecule has 3 rings (SSSR count). The summed E-state index contributed by atoms with van der Waals surface area (Å²) in [5.74, 6) is 0.0623. The number of halogens is 2. The molecule has 28 heavy (non-hydrogen) atoms. The highest BCUT2D eigenvalue weighted by Crippen LogP contribution is 2.33. The highest BCUT2D eigenvalue weighted by atomic mass is 35.5. The second kappa shape index (κ2) is 9.09. The van der Waals surface area contributed by atoms with Gasteiger partial charge in [-0.05, 0) is 30.3 Å². The van der Waals surface area contributed by atoms with Crippen LogP contribution in [0.1, 0.15) is 0 Å². The molecule has 0 aliphatic carbocycles. The topological polar surface area (TPSA) is 88.9 Å². The lowest BCUT2D eigenvalue weighted by Crippen LogP contribution is -2.38. The van der Waals surface area contributed by atoms with E-state index in [2.05, 4.69) is 20.8 Å². The van der Waals surface area contributed by atoms with Crippen molar-refractivity contribution in [2.24, 2.45) is 0 Å². The molecule has 0 saturated heterocycles. The number of thioether (sulfide) groups is 1. The van der Waals surface area contributed by atoms with Gasteiger partial charge in [0.2, 0.25) is 5.91 Å². The lowest BCUT2D eigenvalue weighted by molar-refractivity contribution is -0.117. The van der Waals surface area contributed by atoms with Gasteiger partial charge in [-0.15, -0.1) is 10.2 Å². The first-order chi connectivity index (χ1) is 13.5. The van der Waals surface area contributed by atoms with Gasteiger partial charge in [-0.1, -0.05) is 53.2 Å². The maximum atomic E-state index is 11.9. The van der Waals surface area contributed by atoms with Crippen LogP contribution in [0.25, 0.3) is 17.1 Å². The summed E-state index contributed by atoms with van der Waals surface area (Å²) in [5.41, 5.74) is 1.46. The number of para-hydroxylation sites is 1. The van der Waals surface area contributed by atoms with Crippen LogP contribution < -0.4 is 10.6 Å². The number of nitrogens with zero attached hydrogens (tertiary/aromatic N) is 3. The van der Waals surface area contributed by atoms with E-state index in [4.69, 9.17) is 23.2 Å². The van der Waals surface area contributed by atoms with Crippen molar-refractivity contribution < 1.29 is 9.59 Å². The van der Waals surface area contributed by atoms with E-state index in [0.29, 0.717) is 26.6 Å². The molecule has 0 saturated carbocycles. The Morgan fingerprint density at radius 2 is 1.86 bits per heavy atom. The van der Waals surface area contributed by atoms with Crippen molar-refractivity contribution in [2.75, 3.05) is 12.8 Å². The van der Waals surface area contributed by atoms with Gasteiger partial charge in [0, 0.05) is 23.3 Å². The first-order valence-electron chi connectivity index (χ1n) is 8.10. The lowest BCUT2D eigenvalue weighted by atomic mass is 10.2. The van der Waals surface area contributed by atoms with Gasteiger partial charge in [0.1, 0.15) is 0 Å². The van der Waals surface area contributed by atoms with Crippen molar-refractivity contribution in [1.82, 2.24) is 25.4 Å². The van der Waals surface area contributed by atoms with Crippen LogP contribution in [0.15, 0.2) is 53.7 Å². The molecular formula is C18H15Cl2N5O2S. The van der Waals surface area contributed by atoms with Crippen LogP contribution in [0.3, 0.4) is 0 Å². The number of carbonyl (C=O) groups is 2. The largest absolute Gasteiger partial charge is 0.341 e. The minimum Gasteiger partial charge on any atom is -0.341 e. The molecule has 144 valence electrons. The Kier molecular flexibility index (Phi) is 6.56. The Morgan fingerprint density at radius 3 is 2.54 bits per heavy atom. The Hall–Kier alpha value is -2.55. The minimum absolute atomic E-state index is 0.00721. The third kappa shape index (κ3) is 4.64. The number of aromatic nitrogens is 3. The predicted molar refractivity (Wildman–Crippen MR) is 110 cm³/mol. The van der Waals surface area contributed by atoms with Gasteiger partial charge < -0.3 is 5.32 Å². The number of carbonyl (C=O) groups excluding carboxylic acids is 2. The standard InChI is InChI=1S/C18H15Cl2N5O2S/c1-21-17(27)22-15(26)10-28-18-24-23-16(13-8-7-11(19)9-14(13)20)25(18)12-5-3-2-4-6-12/h2-9H,10H2,1H3,(H2,21,22,26,27). The Bertz CT molecular complexity index is 1010. The molecule has 2 aromatic carbocycles. The molecule has 3 aromatic rings. The zero-order valence-electron chi connectivity index (χ0n) is 14.6. The average Bonchev–Trinajstić information content (AvgIpc) is 3.10. The lowest BCUT2D eigenvalue weighted by Gasteiger charge is -2.11. The second-order valence-electron chi connectivity index (χ2n) is 5.52. The van der Waals surface area contributed by atoms with E-state index < -0.39 is 11.9 Å². The normalized spacial score (nSPS) is 10.5. The van der Waals surface area contributed by atoms with Crippen LogP contribution in [-0.2, 0) is 4.79 Å². The number of hydrogen-bond acceptors (Lipinski definition) is 5. The SMILES string of the molecule is CNC(=O)NC(=O)CSc1nnc(-c2ccc(Cl)cc2Cl)n1-c1ccccc1. The molecule has 0 aliphatic heterocycles. The maximum absolute atomic E-state index is 11.9. The molecule has 0 radical (unpaired) electrons. The van der Waals surface area contributed by atoms with Gasteiger partial charge in [0.15, 0.2) is 11.0 Å². The Labute approximate surface area is 175 Å². The smallest absolute Gasteiger partial charge is 0.321 e. The summed E-state index contributed by atoms with van der Waals surface area (Å²) in [7, 11) is 1.43. The number of hydrogen-bond donors (Lipinski definition) is 2. The highest BCUT2D eigenvalue weighted by molar-refractivity contribution is 7.99. The van der Waals surface area contributed by atoms with Gasteiger partial charge in [0.25, 0.3) is 0 Å². The Morgan fingerprint density at radius 1 is 1.11 bits per heavy atom. The van der Waals surface area contributed by atoms with Crippen LogP contribution in [0.5, 0.6) is 0 Å². The van der Waals surface area contributed by atoms with Crippen LogP contribution in [0.4, 0.5) is 4.79 Å². The van der Waals surface area contributed by atoms with E-state index in [1.807, 2.05) is 30.3 Å². The number of benzene rings is 2. The summed E-state index contributed by atoms with van der Waals surface area (Å²) < 4.78 is 1.80. The minimum atomic E-state index is -0.566. The summed E-state index contributed by atoms with van der Waals surface area (Å²) in [5, 5.41) is 14.4. The fourth-order valence-corrected chi connectivity index (χ4v) is 3.62. The molecule has 0 spiro atoms. The molecule has 0 atom stereocenters. The molecule has 3 amide bonds. The molecule has 2 N–H and O–H groups in total. The first kappa shape index (κ1) is 20.2. The molecule has 0 bridgehead atoms. The van der Waals surface area contributed by atoms with E-state index in [0.717, 1.165) is 17.4 Å². The van der Waals surface area contributed by atoms with Crippen molar-refractivity contribution in [3.8, 4) is 17.1 Å².